The molecule has 0 spiro atoms. The summed E-state index contributed by atoms with van der Waals surface area (Å²) in [4.78, 5) is 0.298. The van der Waals surface area contributed by atoms with Crippen LogP contribution in [0.4, 0.5) is 0 Å². The van der Waals surface area contributed by atoms with E-state index in [1.54, 1.807) is 60.7 Å². The van der Waals surface area contributed by atoms with E-state index in [2.05, 4.69) is 0 Å². The van der Waals surface area contributed by atoms with Gasteiger partial charge in [0.15, 0.2) is 0 Å². The molecule has 1 fully saturated rings. The Labute approximate surface area is 237 Å². The number of hydrogen-bond donors (Lipinski definition) is 0. The molecular weight excluding hydrogens is 559 g/mol. The van der Waals surface area contributed by atoms with Crippen molar-refractivity contribution in [2.45, 2.75) is 40.4 Å². The molecule has 40 heavy (non-hydrogen) atoms. The van der Waals surface area contributed by atoms with Gasteiger partial charge in [0.05, 0.1) is 30.1 Å². The first kappa shape index (κ1) is 27.1. The predicted octanol–water partition coefficient (Wildman–Crippen LogP) is 6.89. The maximum atomic E-state index is 14.7. The van der Waals surface area contributed by atoms with Gasteiger partial charge in [-0.05, 0) is 48.2 Å². The number of hydrogen-bond acceptors (Lipinski definition) is 4. The zero-order valence-electron chi connectivity index (χ0n) is 21.6. The van der Waals surface area contributed by atoms with Crippen molar-refractivity contribution in [3.05, 3.63) is 145 Å². The minimum atomic E-state index is -4.12. The zero-order valence-corrected chi connectivity index (χ0v) is 24.2. The van der Waals surface area contributed by atoms with Crippen LogP contribution >= 0.6 is 8.22 Å². The molecule has 6 rings (SSSR count). The molecular formula is C31H29N2O4PS2. The Balaban J connectivity index is 1.68. The lowest BCUT2D eigenvalue weighted by molar-refractivity contribution is 0.377. The SMILES string of the molecule is O=S(=O)(c1ccccc1)N1[C@@H](c2ccccc2)[C@H](c2ccccc2)N(S(=O)(=O)c2ccccc2)P1[C@@H]1C=CCC1. The van der Waals surface area contributed by atoms with Gasteiger partial charge in [0.1, 0.15) is 0 Å². The number of allylic oxidation sites excluding steroid dienone is 2. The summed E-state index contributed by atoms with van der Waals surface area (Å²) in [5.74, 6) is 0. The van der Waals surface area contributed by atoms with Crippen LogP contribution in [0.2, 0.25) is 0 Å². The Kier molecular flexibility index (Phi) is 7.46. The van der Waals surface area contributed by atoms with E-state index < -0.39 is 40.4 Å². The van der Waals surface area contributed by atoms with E-state index in [-0.39, 0.29) is 15.4 Å². The zero-order chi connectivity index (χ0) is 27.7. The third kappa shape index (κ3) is 4.74. The summed E-state index contributed by atoms with van der Waals surface area (Å²) >= 11 is 0. The Morgan fingerprint density at radius 3 is 1.27 bits per heavy atom. The van der Waals surface area contributed by atoms with Crippen LogP contribution in [0.1, 0.15) is 36.1 Å². The lowest BCUT2D eigenvalue weighted by atomic mass is 9.95. The highest BCUT2D eigenvalue weighted by Crippen LogP contribution is 2.71. The Morgan fingerprint density at radius 1 is 0.550 bits per heavy atom. The predicted molar refractivity (Wildman–Crippen MR) is 158 cm³/mol. The molecule has 1 aliphatic carbocycles. The van der Waals surface area contributed by atoms with Crippen LogP contribution in [0.3, 0.4) is 0 Å². The van der Waals surface area contributed by atoms with Gasteiger partial charge in [0.25, 0.3) is 0 Å². The van der Waals surface area contributed by atoms with Gasteiger partial charge in [0, 0.05) is 5.66 Å². The fraction of sp³-hybridized carbons (Fsp3) is 0.161. The van der Waals surface area contributed by atoms with Crippen LogP contribution in [-0.2, 0) is 20.0 Å². The molecule has 0 aromatic heterocycles. The van der Waals surface area contributed by atoms with Crippen molar-refractivity contribution in [1.29, 1.82) is 0 Å². The van der Waals surface area contributed by atoms with E-state index >= 15 is 0 Å². The van der Waals surface area contributed by atoms with Crippen LogP contribution in [0.25, 0.3) is 0 Å². The minimum absolute atomic E-state index is 0.149. The average Bonchev–Trinajstić information content (AvgIpc) is 3.66. The van der Waals surface area contributed by atoms with Gasteiger partial charge in [-0.1, -0.05) is 109 Å². The summed E-state index contributed by atoms with van der Waals surface area (Å²) in [6.07, 6.45) is 5.48. The summed E-state index contributed by atoms with van der Waals surface area (Å²) < 4.78 is 61.7. The van der Waals surface area contributed by atoms with E-state index in [4.69, 9.17) is 0 Å². The van der Waals surface area contributed by atoms with Gasteiger partial charge in [-0.2, -0.15) is 8.15 Å². The minimum Gasteiger partial charge on any atom is -0.207 e. The van der Waals surface area contributed by atoms with Crippen molar-refractivity contribution in [3.63, 3.8) is 0 Å². The van der Waals surface area contributed by atoms with Crippen molar-refractivity contribution < 1.29 is 16.8 Å². The third-order valence-corrected chi connectivity index (χ3v) is 15.1. The summed E-state index contributed by atoms with van der Waals surface area (Å²) in [5, 5.41) is 0. The van der Waals surface area contributed by atoms with E-state index in [9.17, 15) is 16.8 Å². The maximum Gasteiger partial charge on any atom is 0.248 e. The molecule has 6 nitrogen and oxygen atoms in total. The topological polar surface area (TPSA) is 74.8 Å². The number of rotatable bonds is 7. The van der Waals surface area contributed by atoms with Crippen LogP contribution in [0, 0.1) is 0 Å². The first-order valence-electron chi connectivity index (χ1n) is 13.2. The number of nitrogens with zero attached hydrogens (tertiary/aromatic N) is 2. The van der Waals surface area contributed by atoms with Crippen molar-refractivity contribution >= 4 is 28.3 Å². The van der Waals surface area contributed by atoms with Crippen LogP contribution in [-0.4, -0.2) is 30.6 Å². The third-order valence-electron chi connectivity index (χ3n) is 7.32. The van der Waals surface area contributed by atoms with Crippen molar-refractivity contribution in [1.82, 2.24) is 8.15 Å². The molecule has 0 radical (unpaired) electrons. The van der Waals surface area contributed by atoms with E-state index in [1.807, 2.05) is 72.8 Å². The lowest BCUT2D eigenvalue weighted by Crippen LogP contribution is -2.31. The first-order chi connectivity index (χ1) is 19.4. The van der Waals surface area contributed by atoms with Gasteiger partial charge < -0.3 is 0 Å². The largest absolute Gasteiger partial charge is 0.248 e. The highest BCUT2D eigenvalue weighted by molar-refractivity contribution is 7.99. The smallest absolute Gasteiger partial charge is 0.207 e. The van der Waals surface area contributed by atoms with E-state index in [0.717, 1.165) is 17.5 Å². The normalized spacial score (nSPS) is 22.6. The van der Waals surface area contributed by atoms with E-state index in [0.29, 0.717) is 6.42 Å². The van der Waals surface area contributed by atoms with E-state index in [1.165, 1.54) is 8.15 Å². The Hall–Kier alpha value is -3.13. The molecule has 1 heterocycles. The standard InChI is InChI=1S/C31H29N2O4PS2/c34-39(35,28-21-9-3-10-22-28)32-30(25-15-5-1-6-16-25)31(26-17-7-2-8-18-26)33(38(32)27-19-13-14-20-27)40(36,37)29-23-11-4-12-24-29/h1-13,15-19,21-24,27,30-31H,14,20H2/t27-,30+,31+/m1/s1. The van der Waals surface area contributed by atoms with Gasteiger partial charge >= 0.3 is 0 Å². The van der Waals surface area contributed by atoms with Crippen molar-refractivity contribution in [2.24, 2.45) is 0 Å². The van der Waals surface area contributed by atoms with Gasteiger partial charge in [-0.15, -0.1) is 0 Å². The highest BCUT2D eigenvalue weighted by Gasteiger charge is 2.60. The lowest BCUT2D eigenvalue weighted by Gasteiger charge is -2.34. The molecule has 0 amide bonds. The van der Waals surface area contributed by atoms with Gasteiger partial charge in [-0.3, -0.25) is 0 Å². The van der Waals surface area contributed by atoms with Crippen molar-refractivity contribution in [2.75, 3.05) is 0 Å². The molecule has 0 unspecified atom stereocenters. The summed E-state index contributed by atoms with van der Waals surface area (Å²) in [6.45, 7) is 0. The maximum absolute atomic E-state index is 14.7. The summed E-state index contributed by atoms with van der Waals surface area (Å²) in [7, 11) is -10.2. The molecule has 2 aliphatic rings. The molecule has 0 bridgehead atoms. The second kappa shape index (κ2) is 11.0. The molecule has 1 aliphatic heterocycles. The molecule has 9 heteroatoms. The molecule has 204 valence electrons. The van der Waals surface area contributed by atoms with Crippen LogP contribution in [0.15, 0.2) is 143 Å². The average molecular weight is 589 g/mol. The quantitative estimate of drug-likeness (QED) is 0.174. The summed E-state index contributed by atoms with van der Waals surface area (Å²) in [5.41, 5.74) is 1.24. The monoisotopic (exact) mass is 588 g/mol. The molecule has 1 saturated heterocycles. The van der Waals surface area contributed by atoms with Gasteiger partial charge in [-0.25, -0.2) is 16.8 Å². The van der Waals surface area contributed by atoms with Crippen LogP contribution < -0.4 is 0 Å². The number of benzene rings is 4. The number of sulfonamides is 2. The molecule has 4 aromatic rings. The molecule has 0 N–H and O–H groups in total. The second-order valence-electron chi connectivity index (χ2n) is 9.79. The molecule has 4 aromatic carbocycles. The van der Waals surface area contributed by atoms with Crippen molar-refractivity contribution in [3.8, 4) is 0 Å². The van der Waals surface area contributed by atoms with Crippen LogP contribution in [0.5, 0.6) is 0 Å². The molecule has 3 atom stereocenters. The fourth-order valence-corrected chi connectivity index (χ4v) is 14.1. The van der Waals surface area contributed by atoms with Gasteiger partial charge in [0.2, 0.25) is 20.0 Å². The Bertz CT molecular complexity index is 1580. The highest BCUT2D eigenvalue weighted by atomic mass is 32.2. The summed E-state index contributed by atoms with van der Waals surface area (Å²) in [6, 6.07) is 34.0. The molecule has 0 saturated carbocycles. The first-order valence-corrected chi connectivity index (χ1v) is 17.3. The fourth-order valence-electron chi connectivity index (χ4n) is 5.52. The Morgan fingerprint density at radius 2 is 0.925 bits per heavy atom. The second-order valence-corrected chi connectivity index (χ2v) is 16.1.